The molecule has 0 spiro atoms. The van der Waals surface area contributed by atoms with E-state index in [9.17, 15) is 13.2 Å². The van der Waals surface area contributed by atoms with Crippen molar-refractivity contribution < 1.29 is 17.9 Å². The molecule has 0 aliphatic rings. The van der Waals surface area contributed by atoms with E-state index in [1.165, 1.54) is 18.6 Å². The highest BCUT2D eigenvalue weighted by Gasteiger charge is 2.24. The molecule has 0 bridgehead atoms. The van der Waals surface area contributed by atoms with E-state index in [-0.39, 0.29) is 22.9 Å². The summed E-state index contributed by atoms with van der Waals surface area (Å²) in [6.45, 7) is 2.26. The van der Waals surface area contributed by atoms with E-state index in [0.29, 0.717) is 11.6 Å². The number of carbonyl (C=O) groups excluding carboxylic acids is 1. The highest BCUT2D eigenvalue weighted by molar-refractivity contribution is 7.89. The second-order valence-corrected chi connectivity index (χ2v) is 8.26. The third kappa shape index (κ3) is 4.52. The summed E-state index contributed by atoms with van der Waals surface area (Å²) in [6, 6.07) is 6.70. The SMILES string of the molecule is COC(=O)c1sccc1S(=O)(=O)NCCNc1ccc(-n2ccc(C)n2)nn1. The molecular weight excluding hydrogens is 404 g/mol. The Hall–Kier alpha value is -2.83. The Morgan fingerprint density at radius 3 is 2.68 bits per heavy atom. The van der Waals surface area contributed by atoms with Crippen LogP contribution in [0.1, 0.15) is 15.4 Å². The number of thiophene rings is 1. The molecule has 0 saturated carbocycles. The van der Waals surface area contributed by atoms with Gasteiger partial charge in [-0.1, -0.05) is 0 Å². The summed E-state index contributed by atoms with van der Waals surface area (Å²) in [5, 5.41) is 16.9. The molecular formula is C16H18N6O4S2. The van der Waals surface area contributed by atoms with Crippen LogP contribution in [0.5, 0.6) is 0 Å². The van der Waals surface area contributed by atoms with Gasteiger partial charge in [-0.05, 0) is 36.6 Å². The zero-order valence-electron chi connectivity index (χ0n) is 15.1. The van der Waals surface area contributed by atoms with Crippen molar-refractivity contribution in [2.75, 3.05) is 25.5 Å². The molecule has 3 heterocycles. The Kier molecular flexibility index (Phi) is 6.02. The summed E-state index contributed by atoms with van der Waals surface area (Å²) in [6.07, 6.45) is 1.79. The summed E-state index contributed by atoms with van der Waals surface area (Å²) < 4.78 is 33.4. The lowest BCUT2D eigenvalue weighted by Gasteiger charge is -2.08. The molecule has 0 aromatic carbocycles. The van der Waals surface area contributed by atoms with Gasteiger partial charge < -0.3 is 10.1 Å². The van der Waals surface area contributed by atoms with Crippen LogP contribution in [0.3, 0.4) is 0 Å². The quantitative estimate of drug-likeness (QED) is 0.409. The van der Waals surface area contributed by atoms with Crippen molar-refractivity contribution in [3.05, 3.63) is 46.4 Å². The van der Waals surface area contributed by atoms with E-state index in [0.717, 1.165) is 17.0 Å². The number of nitrogens with zero attached hydrogens (tertiary/aromatic N) is 4. The maximum absolute atomic E-state index is 12.4. The number of ether oxygens (including phenoxy) is 1. The molecule has 0 radical (unpaired) electrons. The molecule has 0 atom stereocenters. The molecule has 28 heavy (non-hydrogen) atoms. The van der Waals surface area contributed by atoms with Gasteiger partial charge in [0.1, 0.15) is 15.6 Å². The normalized spacial score (nSPS) is 11.4. The molecule has 0 unspecified atom stereocenters. The van der Waals surface area contributed by atoms with Gasteiger partial charge in [0.15, 0.2) is 5.82 Å². The number of aromatic nitrogens is 4. The molecule has 3 aromatic heterocycles. The van der Waals surface area contributed by atoms with Crippen LogP contribution in [0, 0.1) is 6.92 Å². The number of rotatable bonds is 8. The number of hydrogen-bond donors (Lipinski definition) is 2. The Balaban J connectivity index is 1.54. The summed E-state index contributed by atoms with van der Waals surface area (Å²) in [5.74, 6) is 0.390. The molecule has 0 aliphatic carbocycles. The van der Waals surface area contributed by atoms with Gasteiger partial charge >= 0.3 is 5.97 Å². The van der Waals surface area contributed by atoms with Crippen LogP contribution in [-0.2, 0) is 14.8 Å². The minimum atomic E-state index is -3.83. The molecule has 0 aliphatic heterocycles. The fourth-order valence-corrected chi connectivity index (χ4v) is 4.65. The molecule has 12 heteroatoms. The lowest BCUT2D eigenvalue weighted by molar-refractivity contribution is 0.0602. The first kappa shape index (κ1) is 19.9. The van der Waals surface area contributed by atoms with Crippen LogP contribution < -0.4 is 10.0 Å². The Labute approximate surface area is 165 Å². The number of nitrogens with one attached hydrogen (secondary N) is 2. The van der Waals surface area contributed by atoms with E-state index in [4.69, 9.17) is 0 Å². The number of methoxy groups -OCH3 is 1. The summed E-state index contributed by atoms with van der Waals surface area (Å²) in [5.41, 5.74) is 0.872. The van der Waals surface area contributed by atoms with E-state index in [1.807, 2.05) is 13.0 Å². The lowest BCUT2D eigenvalue weighted by Crippen LogP contribution is -2.29. The zero-order chi connectivity index (χ0) is 20.1. The van der Waals surface area contributed by atoms with Crippen LogP contribution >= 0.6 is 11.3 Å². The van der Waals surface area contributed by atoms with E-state index in [1.54, 1.807) is 23.0 Å². The smallest absolute Gasteiger partial charge is 0.349 e. The van der Waals surface area contributed by atoms with Crippen molar-refractivity contribution >= 4 is 33.1 Å². The molecule has 3 rings (SSSR count). The first-order chi connectivity index (χ1) is 13.4. The number of esters is 1. The van der Waals surface area contributed by atoms with E-state index < -0.39 is 16.0 Å². The first-order valence-corrected chi connectivity index (χ1v) is 10.5. The van der Waals surface area contributed by atoms with E-state index >= 15 is 0 Å². The average Bonchev–Trinajstić information content (AvgIpc) is 3.35. The topological polar surface area (TPSA) is 128 Å². The fourth-order valence-electron chi connectivity index (χ4n) is 2.29. The van der Waals surface area contributed by atoms with Gasteiger partial charge in [-0.3, -0.25) is 0 Å². The Morgan fingerprint density at radius 1 is 1.21 bits per heavy atom. The fraction of sp³-hybridized carbons (Fsp3) is 0.250. The third-order valence-electron chi connectivity index (χ3n) is 3.62. The van der Waals surface area contributed by atoms with Crippen LogP contribution in [0.25, 0.3) is 5.82 Å². The second-order valence-electron chi connectivity index (χ2n) is 5.61. The second kappa shape index (κ2) is 8.46. The van der Waals surface area contributed by atoms with Crippen molar-refractivity contribution in [3.63, 3.8) is 0 Å². The maximum Gasteiger partial charge on any atom is 0.349 e. The predicted molar refractivity (Wildman–Crippen MR) is 103 cm³/mol. The molecule has 148 valence electrons. The van der Waals surface area contributed by atoms with Crippen LogP contribution in [0.15, 0.2) is 40.7 Å². The number of anilines is 1. The largest absolute Gasteiger partial charge is 0.465 e. The minimum absolute atomic E-state index is 0.0401. The predicted octanol–water partition coefficient (Wildman–Crippen LogP) is 1.21. The van der Waals surface area contributed by atoms with E-state index in [2.05, 4.69) is 30.1 Å². The summed E-state index contributed by atoms with van der Waals surface area (Å²) in [7, 11) is -2.62. The van der Waals surface area contributed by atoms with Crippen molar-refractivity contribution in [3.8, 4) is 5.82 Å². The Morgan fingerprint density at radius 2 is 2.04 bits per heavy atom. The van der Waals surface area contributed by atoms with Gasteiger partial charge in [-0.25, -0.2) is 22.6 Å². The monoisotopic (exact) mass is 422 g/mol. The number of carbonyl (C=O) groups is 1. The van der Waals surface area contributed by atoms with Gasteiger partial charge in [-0.2, -0.15) is 5.10 Å². The average molecular weight is 422 g/mol. The molecule has 0 saturated heterocycles. The van der Waals surface area contributed by atoms with Gasteiger partial charge in [0.05, 0.1) is 12.8 Å². The van der Waals surface area contributed by atoms with Crippen molar-refractivity contribution in [2.45, 2.75) is 11.8 Å². The van der Waals surface area contributed by atoms with Crippen molar-refractivity contribution in [2.24, 2.45) is 0 Å². The first-order valence-electron chi connectivity index (χ1n) is 8.16. The Bertz CT molecular complexity index is 1060. The molecule has 0 amide bonds. The minimum Gasteiger partial charge on any atom is -0.465 e. The maximum atomic E-state index is 12.4. The lowest BCUT2D eigenvalue weighted by atomic mass is 10.5. The molecule has 0 fully saturated rings. The van der Waals surface area contributed by atoms with Gasteiger partial charge in [-0.15, -0.1) is 21.5 Å². The van der Waals surface area contributed by atoms with Crippen molar-refractivity contribution in [1.82, 2.24) is 24.7 Å². The van der Waals surface area contributed by atoms with Crippen LogP contribution in [0.2, 0.25) is 0 Å². The van der Waals surface area contributed by atoms with Gasteiger partial charge in [0.2, 0.25) is 10.0 Å². The molecule has 10 nitrogen and oxygen atoms in total. The summed E-state index contributed by atoms with van der Waals surface area (Å²) in [4.78, 5) is 11.6. The number of hydrogen-bond acceptors (Lipinski definition) is 9. The molecule has 3 aromatic rings. The van der Waals surface area contributed by atoms with Crippen LogP contribution in [0.4, 0.5) is 5.82 Å². The molecule has 2 N–H and O–H groups in total. The zero-order valence-corrected chi connectivity index (χ0v) is 16.7. The highest BCUT2D eigenvalue weighted by atomic mass is 32.2. The number of sulfonamides is 1. The van der Waals surface area contributed by atoms with Gasteiger partial charge in [0.25, 0.3) is 0 Å². The van der Waals surface area contributed by atoms with Gasteiger partial charge in [0, 0.05) is 19.3 Å². The highest BCUT2D eigenvalue weighted by Crippen LogP contribution is 2.22. The summed E-state index contributed by atoms with van der Waals surface area (Å²) >= 11 is 1.01. The third-order valence-corrected chi connectivity index (χ3v) is 6.15. The standard InChI is InChI=1S/C16H18N6O4S2/c1-11-5-9-22(21-11)14-4-3-13(19-20-14)17-7-8-18-28(24,25)12-6-10-27-15(12)16(23)26-2/h3-6,9-10,18H,7-8H2,1-2H3,(H,17,19). The number of aryl methyl sites for hydroxylation is 1. The van der Waals surface area contributed by atoms with Crippen molar-refractivity contribution in [1.29, 1.82) is 0 Å². The van der Waals surface area contributed by atoms with Crippen LogP contribution in [-0.4, -0.2) is 54.6 Å².